The predicted molar refractivity (Wildman–Crippen MR) is 110 cm³/mol. The molecule has 0 rings (SSSR count). The molecule has 156 valence electrons. The molecule has 0 aliphatic carbocycles. The van der Waals surface area contributed by atoms with Gasteiger partial charge in [-0.1, -0.05) is 6.92 Å². The SMILES string of the molecule is CCO[Si](CCCSCC(C)C(=O)OCC[N+](C)(C)C)(OCC)OCC. The Bertz CT molecular complexity index is 362. The molecule has 26 heavy (non-hydrogen) atoms. The van der Waals surface area contributed by atoms with Gasteiger partial charge in [-0.3, -0.25) is 4.79 Å². The number of ether oxygens (including phenoxy) is 1. The van der Waals surface area contributed by atoms with Crippen molar-refractivity contribution in [2.45, 2.75) is 40.2 Å². The summed E-state index contributed by atoms with van der Waals surface area (Å²) in [5.74, 6) is 1.54. The van der Waals surface area contributed by atoms with Gasteiger partial charge in [0.25, 0.3) is 0 Å². The lowest BCUT2D eigenvalue weighted by molar-refractivity contribution is -0.870. The van der Waals surface area contributed by atoms with Gasteiger partial charge in [0, 0.05) is 31.6 Å². The average molecular weight is 411 g/mol. The summed E-state index contributed by atoms with van der Waals surface area (Å²) < 4.78 is 23.7. The number of hydrogen-bond donors (Lipinski definition) is 0. The van der Waals surface area contributed by atoms with E-state index in [0.717, 1.165) is 35.0 Å². The van der Waals surface area contributed by atoms with Crippen molar-refractivity contribution in [3.8, 4) is 0 Å². The molecular formula is C18H40NO5SSi+. The van der Waals surface area contributed by atoms with E-state index < -0.39 is 8.80 Å². The topological polar surface area (TPSA) is 54.0 Å². The first-order valence-corrected chi connectivity index (χ1v) is 12.7. The van der Waals surface area contributed by atoms with Crippen LogP contribution in [-0.4, -0.2) is 84.9 Å². The highest BCUT2D eigenvalue weighted by molar-refractivity contribution is 7.99. The Labute approximate surface area is 165 Å². The van der Waals surface area contributed by atoms with E-state index in [9.17, 15) is 4.79 Å². The summed E-state index contributed by atoms with van der Waals surface area (Å²) in [7, 11) is 3.72. The summed E-state index contributed by atoms with van der Waals surface area (Å²) in [4.78, 5) is 12.0. The molecule has 1 unspecified atom stereocenters. The van der Waals surface area contributed by atoms with Crippen LogP contribution in [0.4, 0.5) is 0 Å². The molecule has 0 aliphatic rings. The standard InChI is InChI=1S/C18H40NO5SSi/c1-8-22-26(23-9-2,24-10-3)15-11-14-25-16-17(4)18(20)21-13-12-19(5,6)7/h17H,8-16H2,1-7H3/q+1. The first-order valence-electron chi connectivity index (χ1n) is 9.66. The Balaban J connectivity index is 4.09. The fourth-order valence-corrected chi connectivity index (χ4v) is 6.16. The summed E-state index contributed by atoms with van der Waals surface area (Å²) in [5.41, 5.74) is 0. The maximum absolute atomic E-state index is 12.0. The van der Waals surface area contributed by atoms with Crippen LogP contribution in [-0.2, 0) is 22.8 Å². The summed E-state index contributed by atoms with van der Waals surface area (Å²) in [6.07, 6.45) is 0.958. The number of quaternary nitrogens is 1. The molecule has 1 atom stereocenters. The molecule has 0 saturated carbocycles. The molecular weight excluding hydrogens is 370 g/mol. The van der Waals surface area contributed by atoms with Gasteiger partial charge in [-0.2, -0.15) is 11.8 Å². The molecule has 0 aromatic carbocycles. The van der Waals surface area contributed by atoms with E-state index in [-0.39, 0.29) is 11.9 Å². The van der Waals surface area contributed by atoms with Crippen LogP contribution in [0.2, 0.25) is 6.04 Å². The highest BCUT2D eigenvalue weighted by atomic mass is 32.2. The van der Waals surface area contributed by atoms with Crippen molar-refractivity contribution in [3.63, 3.8) is 0 Å². The van der Waals surface area contributed by atoms with Crippen molar-refractivity contribution in [2.24, 2.45) is 5.92 Å². The minimum Gasteiger partial charge on any atom is -0.459 e. The first-order chi connectivity index (χ1) is 12.2. The smallest absolute Gasteiger partial charge is 0.459 e. The van der Waals surface area contributed by atoms with Crippen LogP contribution in [0.15, 0.2) is 0 Å². The van der Waals surface area contributed by atoms with Crippen LogP contribution in [0.5, 0.6) is 0 Å². The van der Waals surface area contributed by atoms with Gasteiger partial charge in [-0.05, 0) is 32.9 Å². The molecule has 0 spiro atoms. The average Bonchev–Trinajstić information content (AvgIpc) is 2.53. The minimum atomic E-state index is -2.54. The maximum atomic E-state index is 12.0. The molecule has 0 amide bonds. The quantitative estimate of drug-likeness (QED) is 0.169. The number of carbonyl (C=O) groups excluding carboxylic acids is 1. The number of hydrogen-bond acceptors (Lipinski definition) is 6. The molecule has 0 saturated heterocycles. The van der Waals surface area contributed by atoms with Crippen LogP contribution < -0.4 is 0 Å². The van der Waals surface area contributed by atoms with Gasteiger partial charge in [0.2, 0.25) is 0 Å². The van der Waals surface area contributed by atoms with Gasteiger partial charge in [0.05, 0.1) is 27.1 Å². The monoisotopic (exact) mass is 410 g/mol. The number of esters is 1. The fourth-order valence-electron chi connectivity index (χ4n) is 2.28. The fraction of sp³-hybridized carbons (Fsp3) is 0.944. The molecule has 6 nitrogen and oxygen atoms in total. The van der Waals surface area contributed by atoms with E-state index in [1.807, 2.05) is 27.7 Å². The second-order valence-electron chi connectivity index (χ2n) is 7.24. The lowest BCUT2D eigenvalue weighted by atomic mass is 10.2. The van der Waals surface area contributed by atoms with Gasteiger partial charge in [-0.15, -0.1) is 0 Å². The third kappa shape index (κ3) is 12.3. The Morgan fingerprint density at radius 3 is 2.04 bits per heavy atom. The zero-order valence-electron chi connectivity index (χ0n) is 17.8. The number of nitrogens with zero attached hydrogens (tertiary/aromatic N) is 1. The summed E-state index contributed by atoms with van der Waals surface area (Å²) in [5, 5.41) is 0. The molecule has 0 aromatic heterocycles. The Kier molecular flexibility index (Phi) is 13.9. The third-order valence-corrected chi connectivity index (χ3v) is 8.11. The second kappa shape index (κ2) is 14.0. The van der Waals surface area contributed by atoms with Crippen LogP contribution in [0.3, 0.4) is 0 Å². The molecule has 0 bridgehead atoms. The van der Waals surface area contributed by atoms with E-state index in [1.165, 1.54) is 0 Å². The highest BCUT2D eigenvalue weighted by Crippen LogP contribution is 2.21. The minimum absolute atomic E-state index is 0.0832. The van der Waals surface area contributed by atoms with Crippen molar-refractivity contribution in [1.29, 1.82) is 0 Å². The van der Waals surface area contributed by atoms with Crippen molar-refractivity contribution >= 4 is 26.5 Å². The molecule has 8 heteroatoms. The lowest BCUT2D eigenvalue weighted by Gasteiger charge is -2.28. The van der Waals surface area contributed by atoms with E-state index in [0.29, 0.717) is 26.4 Å². The van der Waals surface area contributed by atoms with Crippen LogP contribution in [0, 0.1) is 5.92 Å². The number of likely N-dealkylation sites (N-methyl/N-ethyl adjacent to an activating group) is 1. The normalized spacial score (nSPS) is 13.7. The van der Waals surface area contributed by atoms with Crippen molar-refractivity contribution in [2.75, 3.05) is 65.6 Å². The molecule has 0 N–H and O–H groups in total. The lowest BCUT2D eigenvalue weighted by Crippen LogP contribution is -2.46. The summed E-state index contributed by atoms with van der Waals surface area (Å²) >= 11 is 1.77. The van der Waals surface area contributed by atoms with Gasteiger partial charge >= 0.3 is 14.8 Å². The predicted octanol–water partition coefficient (Wildman–Crippen LogP) is 3.04. The summed E-state index contributed by atoms with van der Waals surface area (Å²) in [6, 6.07) is 0.817. The van der Waals surface area contributed by atoms with E-state index in [4.69, 9.17) is 18.0 Å². The van der Waals surface area contributed by atoms with Crippen molar-refractivity contribution in [3.05, 3.63) is 0 Å². The zero-order valence-corrected chi connectivity index (χ0v) is 19.7. The van der Waals surface area contributed by atoms with Crippen LogP contribution in [0.25, 0.3) is 0 Å². The molecule has 0 heterocycles. The highest BCUT2D eigenvalue weighted by Gasteiger charge is 2.39. The Morgan fingerprint density at radius 1 is 1.04 bits per heavy atom. The molecule has 0 aliphatic heterocycles. The number of rotatable bonds is 16. The first kappa shape index (κ1) is 25.9. The van der Waals surface area contributed by atoms with E-state index in [1.54, 1.807) is 11.8 Å². The van der Waals surface area contributed by atoms with Gasteiger partial charge in [0.15, 0.2) is 0 Å². The number of carbonyl (C=O) groups is 1. The molecule has 0 fully saturated rings. The van der Waals surface area contributed by atoms with Gasteiger partial charge < -0.3 is 22.5 Å². The Morgan fingerprint density at radius 2 is 1.58 bits per heavy atom. The largest absolute Gasteiger partial charge is 0.500 e. The third-order valence-electron chi connectivity index (χ3n) is 3.64. The molecule has 0 radical (unpaired) electrons. The number of thioether (sulfide) groups is 1. The Hall–Kier alpha value is -0.123. The van der Waals surface area contributed by atoms with Gasteiger partial charge in [-0.25, -0.2) is 0 Å². The molecule has 0 aromatic rings. The van der Waals surface area contributed by atoms with Crippen LogP contribution >= 0.6 is 11.8 Å². The van der Waals surface area contributed by atoms with Crippen molar-refractivity contribution in [1.82, 2.24) is 0 Å². The van der Waals surface area contributed by atoms with Crippen LogP contribution in [0.1, 0.15) is 34.1 Å². The summed E-state index contributed by atoms with van der Waals surface area (Å²) in [6.45, 7) is 11.0. The maximum Gasteiger partial charge on any atom is 0.500 e. The van der Waals surface area contributed by atoms with Gasteiger partial charge in [0.1, 0.15) is 13.2 Å². The van der Waals surface area contributed by atoms with E-state index in [2.05, 4.69) is 21.1 Å². The van der Waals surface area contributed by atoms with E-state index >= 15 is 0 Å². The zero-order chi connectivity index (χ0) is 20.1. The second-order valence-corrected chi connectivity index (χ2v) is 11.1. The van der Waals surface area contributed by atoms with Crippen molar-refractivity contribution < 1.29 is 27.3 Å².